The van der Waals surface area contributed by atoms with Crippen LogP contribution in [0.4, 0.5) is 0 Å². The number of carbonyl (C=O) groups excluding carboxylic acids is 2. The number of carbonyl (C=O) groups is 2. The second kappa shape index (κ2) is 7.45. The second-order valence-corrected chi connectivity index (χ2v) is 6.22. The van der Waals surface area contributed by atoms with Crippen LogP contribution in [0.3, 0.4) is 0 Å². The van der Waals surface area contributed by atoms with Gasteiger partial charge in [-0.3, -0.25) is 9.79 Å². The third-order valence-corrected chi connectivity index (χ3v) is 3.12. The molecule has 8 nitrogen and oxygen atoms in total. The summed E-state index contributed by atoms with van der Waals surface area (Å²) in [7, 11) is 0. The van der Waals surface area contributed by atoms with Crippen molar-refractivity contribution in [3.8, 4) is 0 Å². The maximum atomic E-state index is 11.8. The molecule has 8 heteroatoms. The van der Waals surface area contributed by atoms with E-state index in [0.29, 0.717) is 0 Å². The first-order chi connectivity index (χ1) is 10.5. The topological polar surface area (TPSA) is 134 Å². The predicted octanol–water partition coefficient (Wildman–Crippen LogP) is -0.758. The van der Waals surface area contributed by atoms with Crippen molar-refractivity contribution < 1.29 is 29.3 Å². The molecule has 1 amide bonds. The molecule has 1 aliphatic rings. The first-order valence-corrected chi connectivity index (χ1v) is 7.34. The molecule has 0 bridgehead atoms. The van der Waals surface area contributed by atoms with Crippen LogP contribution in [0.25, 0.3) is 0 Å². The van der Waals surface area contributed by atoms with E-state index in [-0.39, 0.29) is 18.6 Å². The largest absolute Gasteiger partial charge is 0.595 e. The van der Waals surface area contributed by atoms with Gasteiger partial charge in [0.2, 0.25) is 5.91 Å². The van der Waals surface area contributed by atoms with Crippen molar-refractivity contribution in [3.05, 3.63) is 11.6 Å². The van der Waals surface area contributed by atoms with E-state index < -0.39 is 41.6 Å². The Balaban J connectivity index is 3.05. The lowest BCUT2D eigenvalue weighted by molar-refractivity contribution is -0.261. The normalized spacial score (nSPS) is 25.5. The lowest BCUT2D eigenvalue weighted by Crippen LogP contribution is -2.45. The summed E-state index contributed by atoms with van der Waals surface area (Å²) in [6, 6.07) is -1.10. The van der Waals surface area contributed by atoms with Crippen LogP contribution in [0, 0.1) is 5.92 Å². The maximum absolute atomic E-state index is 11.8. The summed E-state index contributed by atoms with van der Waals surface area (Å²) >= 11 is 0. The van der Waals surface area contributed by atoms with E-state index in [2.05, 4.69) is 4.99 Å². The van der Waals surface area contributed by atoms with Gasteiger partial charge in [0.25, 0.3) is 0 Å². The standard InChI is InChI=1S/C15H24N2O6/c1-5-22-13(20)8-6-9(12(16)19)11(10(18)7-8)17-14(21)23-15(2,3)4/h7,9-11,18H,5-6H2,1-4H3,(H2,16,19)(H,17,21)/p-1/t9-,10+,11+/m1/s1. The van der Waals surface area contributed by atoms with Gasteiger partial charge in [-0.05, 0) is 19.4 Å². The van der Waals surface area contributed by atoms with E-state index in [0.717, 1.165) is 0 Å². The first-order valence-electron chi connectivity index (χ1n) is 7.34. The van der Waals surface area contributed by atoms with Crippen LogP contribution in [0.2, 0.25) is 0 Å². The van der Waals surface area contributed by atoms with Gasteiger partial charge in [0.15, 0.2) is 0 Å². The summed E-state index contributed by atoms with van der Waals surface area (Å²) in [5.74, 6) is -2.40. The Labute approximate surface area is 135 Å². The van der Waals surface area contributed by atoms with Crippen LogP contribution >= 0.6 is 0 Å². The highest BCUT2D eigenvalue weighted by molar-refractivity contribution is 5.91. The minimum absolute atomic E-state index is 0.0534. The van der Waals surface area contributed by atoms with Crippen LogP contribution in [0.1, 0.15) is 34.1 Å². The number of aliphatic imine (C=N–C) groups is 1. The number of aliphatic hydroxyl groups excluding tert-OH is 1. The molecule has 0 unspecified atom stereocenters. The Morgan fingerprint density at radius 3 is 2.57 bits per heavy atom. The van der Waals surface area contributed by atoms with Crippen LogP contribution < -0.4 is 10.8 Å². The van der Waals surface area contributed by atoms with Crippen molar-refractivity contribution in [3.63, 3.8) is 0 Å². The molecule has 0 saturated heterocycles. The van der Waals surface area contributed by atoms with E-state index in [1.165, 1.54) is 6.08 Å². The van der Waals surface area contributed by atoms with Crippen molar-refractivity contribution >= 4 is 18.0 Å². The van der Waals surface area contributed by atoms with Crippen LogP contribution in [0.15, 0.2) is 16.6 Å². The molecule has 0 spiro atoms. The fraction of sp³-hybridized carbons (Fsp3) is 0.667. The van der Waals surface area contributed by atoms with Crippen molar-refractivity contribution in [2.45, 2.75) is 51.9 Å². The quantitative estimate of drug-likeness (QED) is 0.396. The zero-order valence-electron chi connectivity index (χ0n) is 13.7. The molecule has 0 radical (unpaired) electrons. The van der Waals surface area contributed by atoms with E-state index in [1.54, 1.807) is 27.7 Å². The Kier molecular flexibility index (Phi) is 6.14. The maximum Gasteiger partial charge on any atom is 0.333 e. The monoisotopic (exact) mass is 327 g/mol. The number of rotatable bonds is 4. The first kappa shape index (κ1) is 19.0. The Morgan fingerprint density at radius 1 is 1.48 bits per heavy atom. The summed E-state index contributed by atoms with van der Waals surface area (Å²) in [5.41, 5.74) is 4.70. The van der Waals surface area contributed by atoms with Gasteiger partial charge < -0.3 is 25.4 Å². The Hall–Kier alpha value is -2.09. The third kappa shape index (κ3) is 5.55. The van der Waals surface area contributed by atoms with Gasteiger partial charge >= 0.3 is 5.97 Å². The smallest absolute Gasteiger partial charge is 0.333 e. The van der Waals surface area contributed by atoms with Crippen LogP contribution in [0.5, 0.6) is 0 Å². The molecule has 3 atom stereocenters. The van der Waals surface area contributed by atoms with Gasteiger partial charge in [-0.1, -0.05) is 20.8 Å². The number of hydrogen-bond acceptors (Lipinski definition) is 7. The number of amides is 1. The van der Waals surface area contributed by atoms with E-state index >= 15 is 0 Å². The number of ether oxygens (including phenoxy) is 2. The minimum Gasteiger partial charge on any atom is -0.595 e. The highest BCUT2D eigenvalue weighted by Gasteiger charge is 2.38. The molecule has 3 N–H and O–H groups in total. The minimum atomic E-state index is -1.31. The molecule has 130 valence electrons. The average Bonchev–Trinajstić information content (AvgIpc) is 2.38. The summed E-state index contributed by atoms with van der Waals surface area (Å²) < 4.78 is 9.90. The summed E-state index contributed by atoms with van der Waals surface area (Å²) in [4.78, 5) is 27.1. The SMILES string of the molecule is CCOC(=O)C1=C[C@H](O)[C@@H](N=C([O-])OC(C)(C)C)[C@H](C(N)=O)C1. The molecule has 0 aromatic rings. The number of hydrogen-bond donors (Lipinski definition) is 2. The number of nitrogens with two attached hydrogens (primary N) is 1. The van der Waals surface area contributed by atoms with E-state index in [1.807, 2.05) is 0 Å². The number of aliphatic hydroxyl groups is 1. The van der Waals surface area contributed by atoms with Crippen LogP contribution in [-0.2, 0) is 19.1 Å². The highest BCUT2D eigenvalue weighted by atomic mass is 16.6. The van der Waals surface area contributed by atoms with E-state index in [4.69, 9.17) is 15.2 Å². The molecule has 1 aliphatic carbocycles. The summed E-state index contributed by atoms with van der Waals surface area (Å²) in [5, 5.41) is 21.9. The van der Waals surface area contributed by atoms with Gasteiger partial charge in [0.1, 0.15) is 6.08 Å². The molecule has 0 fully saturated rings. The van der Waals surface area contributed by atoms with Crippen molar-refractivity contribution in [2.75, 3.05) is 6.61 Å². The molecule has 0 heterocycles. The van der Waals surface area contributed by atoms with Crippen molar-refractivity contribution in [2.24, 2.45) is 16.6 Å². The highest BCUT2D eigenvalue weighted by Crippen LogP contribution is 2.28. The van der Waals surface area contributed by atoms with Gasteiger partial charge in [0, 0.05) is 11.2 Å². The van der Waals surface area contributed by atoms with Crippen molar-refractivity contribution in [1.82, 2.24) is 0 Å². The number of esters is 1. The third-order valence-electron chi connectivity index (χ3n) is 3.12. The number of nitrogens with zero attached hydrogens (tertiary/aromatic N) is 1. The summed E-state index contributed by atoms with van der Waals surface area (Å²) in [6.45, 7) is 6.81. The number of primary amides is 1. The summed E-state index contributed by atoms with van der Waals surface area (Å²) in [6.07, 6.45) is -1.04. The fourth-order valence-corrected chi connectivity index (χ4v) is 2.19. The van der Waals surface area contributed by atoms with E-state index in [9.17, 15) is 19.8 Å². The molecule has 0 aliphatic heterocycles. The molecule has 1 rings (SSSR count). The molecular weight excluding hydrogens is 304 g/mol. The molecule has 0 aromatic heterocycles. The fourth-order valence-electron chi connectivity index (χ4n) is 2.19. The molecule has 0 aromatic carbocycles. The lowest BCUT2D eigenvalue weighted by Gasteiger charge is -2.33. The molecule has 0 saturated carbocycles. The van der Waals surface area contributed by atoms with Crippen molar-refractivity contribution in [1.29, 1.82) is 0 Å². The molecule has 23 heavy (non-hydrogen) atoms. The average molecular weight is 327 g/mol. The van der Waals surface area contributed by atoms with Crippen LogP contribution in [-0.4, -0.2) is 47.4 Å². The Bertz CT molecular complexity index is 521. The van der Waals surface area contributed by atoms with Gasteiger partial charge in [-0.15, -0.1) is 0 Å². The lowest BCUT2D eigenvalue weighted by atomic mass is 9.82. The van der Waals surface area contributed by atoms with Gasteiger partial charge in [-0.25, -0.2) is 4.79 Å². The molecular formula is C15H23N2O6-. The van der Waals surface area contributed by atoms with Gasteiger partial charge in [0.05, 0.1) is 24.7 Å². The second-order valence-electron chi connectivity index (χ2n) is 6.22. The zero-order chi connectivity index (χ0) is 17.8. The Morgan fingerprint density at radius 2 is 2.09 bits per heavy atom. The zero-order valence-corrected chi connectivity index (χ0v) is 13.7. The van der Waals surface area contributed by atoms with Gasteiger partial charge in [-0.2, -0.15) is 0 Å². The predicted molar refractivity (Wildman–Crippen MR) is 80.1 cm³/mol.